The van der Waals surface area contributed by atoms with Crippen molar-refractivity contribution in [2.75, 3.05) is 0 Å². The van der Waals surface area contributed by atoms with Crippen LogP contribution in [0.1, 0.15) is 60.3 Å². The van der Waals surface area contributed by atoms with Crippen LogP contribution in [0, 0.1) is 0 Å². The van der Waals surface area contributed by atoms with Gasteiger partial charge >= 0.3 is 5.97 Å². The minimum atomic E-state index is -1.36. The fourth-order valence-corrected chi connectivity index (χ4v) is 2.19. The van der Waals surface area contributed by atoms with Crippen molar-refractivity contribution >= 4 is 17.0 Å². The molecule has 17 heavy (non-hydrogen) atoms. The van der Waals surface area contributed by atoms with E-state index in [1.807, 2.05) is 20.8 Å². The Bertz CT molecular complexity index is 286. The number of rotatable bonds is 7. The van der Waals surface area contributed by atoms with Crippen molar-refractivity contribution in [3.05, 3.63) is 0 Å². The highest BCUT2D eigenvalue weighted by Crippen LogP contribution is 2.19. The number of hydrogen-bond donors (Lipinski definition) is 2. The molecular formula is C12H25NO3S. The number of carbonyl (C=O) groups is 1. The first kappa shape index (κ1) is 16.6. The molecule has 0 fully saturated rings. The van der Waals surface area contributed by atoms with Gasteiger partial charge in [0.25, 0.3) is 0 Å². The van der Waals surface area contributed by atoms with E-state index in [0.29, 0.717) is 6.42 Å². The summed E-state index contributed by atoms with van der Waals surface area (Å²) in [6.45, 7) is 9.15. The highest BCUT2D eigenvalue weighted by molar-refractivity contribution is 7.84. The Hall–Kier alpha value is -0.420. The van der Waals surface area contributed by atoms with Crippen LogP contribution in [0.2, 0.25) is 0 Å². The number of carboxylic acids is 1. The summed E-state index contributed by atoms with van der Waals surface area (Å²) in [7, 11) is -1.36. The van der Waals surface area contributed by atoms with Gasteiger partial charge in [-0.05, 0) is 34.1 Å². The summed E-state index contributed by atoms with van der Waals surface area (Å²) in [5.74, 6) is -0.939. The Morgan fingerprint density at radius 2 is 1.76 bits per heavy atom. The summed E-state index contributed by atoms with van der Waals surface area (Å²) in [4.78, 5) is 11.3. The summed E-state index contributed by atoms with van der Waals surface area (Å²) in [5.41, 5.74) is -1.10. The molecule has 4 nitrogen and oxygen atoms in total. The third-order valence-electron chi connectivity index (χ3n) is 2.63. The second-order valence-electron chi connectivity index (χ2n) is 5.58. The Morgan fingerprint density at radius 3 is 2.12 bits per heavy atom. The number of carboxylic acid groups (broad SMARTS) is 1. The van der Waals surface area contributed by atoms with Crippen molar-refractivity contribution in [2.45, 2.75) is 70.6 Å². The van der Waals surface area contributed by atoms with Crippen molar-refractivity contribution < 1.29 is 14.1 Å². The van der Waals surface area contributed by atoms with Crippen LogP contribution in [0.25, 0.3) is 0 Å². The van der Waals surface area contributed by atoms with Gasteiger partial charge in [-0.3, -0.25) is 4.79 Å². The molecule has 0 rings (SSSR count). The van der Waals surface area contributed by atoms with Crippen molar-refractivity contribution in [2.24, 2.45) is 0 Å². The molecule has 0 aromatic rings. The Balaban J connectivity index is 4.62. The van der Waals surface area contributed by atoms with Gasteiger partial charge in [0.15, 0.2) is 0 Å². The molecule has 2 N–H and O–H groups in total. The SMILES string of the molecule is CCCCC[C@@](C)(N[S@@](=O)C(C)(C)C)C(=O)O. The molecule has 0 amide bonds. The van der Waals surface area contributed by atoms with E-state index in [1.54, 1.807) is 6.92 Å². The van der Waals surface area contributed by atoms with Gasteiger partial charge in [0, 0.05) is 0 Å². The Labute approximate surface area is 107 Å². The summed E-state index contributed by atoms with van der Waals surface area (Å²) >= 11 is 0. The maximum absolute atomic E-state index is 12.0. The van der Waals surface area contributed by atoms with Gasteiger partial charge in [-0.15, -0.1) is 0 Å². The average molecular weight is 263 g/mol. The van der Waals surface area contributed by atoms with Crippen LogP contribution in [0.15, 0.2) is 0 Å². The highest BCUT2D eigenvalue weighted by atomic mass is 32.2. The third kappa shape index (κ3) is 5.64. The van der Waals surface area contributed by atoms with Crippen LogP contribution in [0.4, 0.5) is 0 Å². The molecule has 0 aliphatic carbocycles. The van der Waals surface area contributed by atoms with Crippen molar-refractivity contribution in [3.63, 3.8) is 0 Å². The predicted octanol–water partition coefficient (Wildman–Crippen LogP) is 2.46. The smallest absolute Gasteiger partial charge is 0.324 e. The van der Waals surface area contributed by atoms with Gasteiger partial charge in [0.1, 0.15) is 5.54 Å². The minimum absolute atomic E-state index is 0.457. The zero-order chi connectivity index (χ0) is 13.7. The lowest BCUT2D eigenvalue weighted by Gasteiger charge is -2.29. The molecule has 0 bridgehead atoms. The van der Waals surface area contributed by atoms with Crippen LogP contribution < -0.4 is 4.72 Å². The average Bonchev–Trinajstić information content (AvgIpc) is 2.16. The zero-order valence-corrected chi connectivity index (χ0v) is 12.3. The molecule has 0 aliphatic heterocycles. The van der Waals surface area contributed by atoms with Gasteiger partial charge in [-0.1, -0.05) is 26.2 Å². The largest absolute Gasteiger partial charge is 0.480 e. The summed E-state index contributed by atoms with van der Waals surface area (Å²) in [6.07, 6.45) is 3.36. The Morgan fingerprint density at radius 1 is 1.24 bits per heavy atom. The molecule has 0 saturated heterocycles. The molecule has 0 spiro atoms. The van der Waals surface area contributed by atoms with Gasteiger partial charge in [0.2, 0.25) is 0 Å². The minimum Gasteiger partial charge on any atom is -0.480 e. The van der Waals surface area contributed by atoms with Crippen molar-refractivity contribution in [3.8, 4) is 0 Å². The van der Waals surface area contributed by atoms with Gasteiger partial charge in [-0.2, -0.15) is 0 Å². The molecule has 102 valence electrons. The fourth-order valence-electron chi connectivity index (χ4n) is 1.29. The number of aliphatic carboxylic acids is 1. The van der Waals surface area contributed by atoms with Crippen LogP contribution >= 0.6 is 0 Å². The molecule has 2 atom stereocenters. The monoisotopic (exact) mass is 263 g/mol. The van der Waals surface area contributed by atoms with Crippen LogP contribution in [-0.4, -0.2) is 25.6 Å². The predicted molar refractivity (Wildman–Crippen MR) is 71.2 cm³/mol. The topological polar surface area (TPSA) is 66.4 Å². The molecule has 0 aromatic carbocycles. The summed E-state index contributed by atoms with van der Waals surface area (Å²) in [6, 6.07) is 0. The zero-order valence-electron chi connectivity index (χ0n) is 11.5. The first-order valence-electron chi connectivity index (χ1n) is 6.06. The van der Waals surface area contributed by atoms with Gasteiger partial charge < -0.3 is 5.11 Å². The van der Waals surface area contributed by atoms with E-state index in [1.165, 1.54) is 0 Å². The van der Waals surface area contributed by atoms with Crippen LogP contribution in [-0.2, 0) is 15.8 Å². The molecule has 0 heterocycles. The van der Waals surface area contributed by atoms with Crippen molar-refractivity contribution in [1.29, 1.82) is 0 Å². The van der Waals surface area contributed by atoms with E-state index in [9.17, 15) is 14.1 Å². The summed E-state index contributed by atoms with van der Waals surface area (Å²) in [5, 5.41) is 9.25. The van der Waals surface area contributed by atoms with E-state index >= 15 is 0 Å². The highest BCUT2D eigenvalue weighted by Gasteiger charge is 2.36. The molecule has 5 heteroatoms. The molecule has 0 saturated carbocycles. The second-order valence-corrected chi connectivity index (χ2v) is 7.54. The van der Waals surface area contributed by atoms with E-state index < -0.39 is 27.2 Å². The number of hydrogen-bond acceptors (Lipinski definition) is 2. The molecule has 0 aromatic heterocycles. The summed E-state index contributed by atoms with van der Waals surface area (Å²) < 4.78 is 14.3. The van der Waals surface area contributed by atoms with Crippen LogP contribution in [0.5, 0.6) is 0 Å². The standard InChI is InChI=1S/C12H25NO3S/c1-6-7-8-9-12(5,10(14)15)13-17(16)11(2,3)4/h13H,6-9H2,1-5H3,(H,14,15)/t12-,17+/m1/s1. The van der Waals surface area contributed by atoms with Gasteiger partial charge in [-0.25, -0.2) is 8.93 Å². The third-order valence-corrected chi connectivity index (χ3v) is 4.37. The maximum atomic E-state index is 12.0. The van der Waals surface area contributed by atoms with E-state index in [0.717, 1.165) is 19.3 Å². The van der Waals surface area contributed by atoms with Gasteiger partial charge in [0.05, 0.1) is 15.7 Å². The number of unbranched alkanes of at least 4 members (excludes halogenated alkanes) is 2. The lowest BCUT2D eigenvalue weighted by molar-refractivity contribution is -0.143. The second kappa shape index (κ2) is 6.50. The molecular weight excluding hydrogens is 238 g/mol. The quantitative estimate of drug-likeness (QED) is 0.693. The lowest BCUT2D eigenvalue weighted by atomic mass is 9.96. The molecule has 0 unspecified atom stereocenters. The molecule has 0 aliphatic rings. The van der Waals surface area contributed by atoms with E-state index in [4.69, 9.17) is 0 Å². The van der Waals surface area contributed by atoms with E-state index in [2.05, 4.69) is 11.6 Å². The van der Waals surface area contributed by atoms with E-state index in [-0.39, 0.29) is 0 Å². The fraction of sp³-hybridized carbons (Fsp3) is 0.917. The van der Waals surface area contributed by atoms with Crippen molar-refractivity contribution in [1.82, 2.24) is 4.72 Å². The first-order chi connectivity index (χ1) is 7.63. The molecule has 0 radical (unpaired) electrons. The Kier molecular flexibility index (Phi) is 6.34. The first-order valence-corrected chi connectivity index (χ1v) is 7.21. The number of nitrogens with one attached hydrogen (secondary N) is 1. The maximum Gasteiger partial charge on any atom is 0.324 e. The normalized spacial score (nSPS) is 17.5. The lowest BCUT2D eigenvalue weighted by Crippen LogP contribution is -2.53. The van der Waals surface area contributed by atoms with Crippen LogP contribution in [0.3, 0.4) is 0 Å².